The van der Waals surface area contributed by atoms with Crippen LogP contribution in [-0.4, -0.2) is 16.7 Å². The zero-order valence-electron chi connectivity index (χ0n) is 19.9. The molecule has 0 saturated heterocycles. The minimum atomic E-state index is -0.523. The van der Waals surface area contributed by atoms with Crippen LogP contribution in [0.4, 0.5) is 11.4 Å². The van der Waals surface area contributed by atoms with Crippen molar-refractivity contribution in [3.63, 3.8) is 0 Å². The molecule has 35 heavy (non-hydrogen) atoms. The highest BCUT2D eigenvalue weighted by atomic mass is 79.9. The Morgan fingerprint density at radius 3 is 2.14 bits per heavy atom. The number of nitro benzene ring substituents is 1. The van der Waals surface area contributed by atoms with E-state index in [4.69, 9.17) is 0 Å². The molecule has 0 radical (unpaired) electrons. The van der Waals surface area contributed by atoms with Crippen LogP contribution in [0.1, 0.15) is 47.8 Å². The van der Waals surface area contributed by atoms with Gasteiger partial charge in [0.05, 0.1) is 4.92 Å². The highest BCUT2D eigenvalue weighted by molar-refractivity contribution is 9.10. The lowest BCUT2D eigenvalue weighted by atomic mass is 9.87. The van der Waals surface area contributed by atoms with Crippen molar-refractivity contribution in [2.75, 3.05) is 5.32 Å². The number of nitrogens with zero attached hydrogens (tertiary/aromatic N) is 1. The van der Waals surface area contributed by atoms with Crippen molar-refractivity contribution in [2.45, 2.75) is 33.1 Å². The molecule has 0 spiro atoms. The molecule has 0 unspecified atom stereocenters. The van der Waals surface area contributed by atoms with Gasteiger partial charge < -0.3 is 10.6 Å². The van der Waals surface area contributed by atoms with Crippen molar-refractivity contribution >= 4 is 45.2 Å². The number of amides is 2. The van der Waals surface area contributed by atoms with E-state index in [0.29, 0.717) is 16.8 Å². The number of anilines is 1. The molecule has 0 aromatic heterocycles. The van der Waals surface area contributed by atoms with Crippen molar-refractivity contribution in [3.05, 3.63) is 109 Å². The summed E-state index contributed by atoms with van der Waals surface area (Å²) in [6, 6.07) is 18.3. The summed E-state index contributed by atoms with van der Waals surface area (Å²) in [6.45, 7) is 8.15. The van der Waals surface area contributed by atoms with Crippen LogP contribution < -0.4 is 10.6 Å². The van der Waals surface area contributed by atoms with E-state index in [1.54, 1.807) is 24.3 Å². The van der Waals surface area contributed by atoms with Gasteiger partial charge in [-0.3, -0.25) is 19.7 Å². The predicted molar refractivity (Wildman–Crippen MR) is 141 cm³/mol. The van der Waals surface area contributed by atoms with Crippen LogP contribution in [0.25, 0.3) is 6.08 Å². The summed E-state index contributed by atoms with van der Waals surface area (Å²) in [5, 5.41) is 16.4. The lowest BCUT2D eigenvalue weighted by Gasteiger charge is -2.19. The average Bonchev–Trinajstić information content (AvgIpc) is 2.80. The van der Waals surface area contributed by atoms with Gasteiger partial charge in [-0.15, -0.1) is 0 Å². The summed E-state index contributed by atoms with van der Waals surface area (Å²) in [5.74, 6) is -0.967. The number of nitrogens with one attached hydrogen (secondary N) is 2. The molecule has 3 aromatic rings. The van der Waals surface area contributed by atoms with E-state index in [1.165, 1.54) is 30.3 Å². The zero-order chi connectivity index (χ0) is 25.8. The Labute approximate surface area is 212 Å². The fraction of sp³-hybridized carbons (Fsp3) is 0.185. The standard InChI is InChI=1S/C27H26BrN3O4/c1-17-15-21(11-14-23(17)28)29-26(33)24(16-18-5-12-22(13-6-18)31(34)35)30-25(32)19-7-9-20(10-8-19)27(2,3)4/h5-16H,1-4H3,(H,29,33)(H,30,32)/b24-16-. The first-order chi connectivity index (χ1) is 16.4. The van der Waals surface area contributed by atoms with Gasteiger partial charge >= 0.3 is 0 Å². The molecule has 0 atom stereocenters. The molecule has 0 aliphatic carbocycles. The Morgan fingerprint density at radius 2 is 1.60 bits per heavy atom. The number of carbonyl (C=O) groups excluding carboxylic acids is 2. The fourth-order valence-electron chi connectivity index (χ4n) is 3.25. The quantitative estimate of drug-likeness (QED) is 0.217. The largest absolute Gasteiger partial charge is 0.321 e. The van der Waals surface area contributed by atoms with Gasteiger partial charge in [-0.05, 0) is 77.6 Å². The Bertz CT molecular complexity index is 1290. The smallest absolute Gasteiger partial charge is 0.272 e. The third kappa shape index (κ3) is 6.86. The summed E-state index contributed by atoms with van der Waals surface area (Å²) in [6.07, 6.45) is 1.48. The van der Waals surface area contributed by atoms with E-state index >= 15 is 0 Å². The van der Waals surface area contributed by atoms with Crippen molar-refractivity contribution < 1.29 is 14.5 Å². The SMILES string of the molecule is Cc1cc(NC(=O)/C(=C/c2ccc([N+](=O)[O-])cc2)NC(=O)c2ccc(C(C)(C)C)cc2)ccc1Br. The summed E-state index contributed by atoms with van der Waals surface area (Å²) >= 11 is 3.43. The molecule has 2 amide bonds. The Hall–Kier alpha value is -3.78. The van der Waals surface area contributed by atoms with Crippen LogP contribution >= 0.6 is 15.9 Å². The number of carbonyl (C=O) groups is 2. The van der Waals surface area contributed by atoms with Gasteiger partial charge in [0, 0.05) is 27.9 Å². The molecular weight excluding hydrogens is 510 g/mol. The first kappa shape index (κ1) is 25.8. The number of aryl methyl sites for hydroxylation is 1. The molecule has 8 heteroatoms. The van der Waals surface area contributed by atoms with Crippen molar-refractivity contribution in [1.82, 2.24) is 5.32 Å². The molecule has 0 aliphatic heterocycles. The summed E-state index contributed by atoms with van der Waals surface area (Å²) in [5.41, 5.74) is 3.39. The Kier molecular flexibility index (Phi) is 7.86. The van der Waals surface area contributed by atoms with Gasteiger partial charge in [-0.25, -0.2) is 0 Å². The van der Waals surface area contributed by atoms with E-state index in [-0.39, 0.29) is 16.8 Å². The number of hydrogen-bond acceptors (Lipinski definition) is 4. The number of hydrogen-bond donors (Lipinski definition) is 2. The minimum absolute atomic E-state index is 0.00400. The second-order valence-corrected chi connectivity index (χ2v) is 9.96. The molecule has 0 heterocycles. The lowest BCUT2D eigenvalue weighted by Crippen LogP contribution is -2.30. The van der Waals surface area contributed by atoms with Gasteiger partial charge in [0.25, 0.3) is 17.5 Å². The second-order valence-electron chi connectivity index (χ2n) is 9.11. The maximum Gasteiger partial charge on any atom is 0.272 e. The highest BCUT2D eigenvalue weighted by Gasteiger charge is 2.18. The summed E-state index contributed by atoms with van der Waals surface area (Å²) in [7, 11) is 0. The van der Waals surface area contributed by atoms with Crippen LogP contribution in [0.5, 0.6) is 0 Å². The van der Waals surface area contributed by atoms with Gasteiger partial charge in [-0.1, -0.05) is 48.8 Å². The molecule has 180 valence electrons. The zero-order valence-corrected chi connectivity index (χ0v) is 21.5. The summed E-state index contributed by atoms with van der Waals surface area (Å²) < 4.78 is 0.907. The molecule has 0 fully saturated rings. The van der Waals surface area contributed by atoms with Crippen molar-refractivity contribution in [2.24, 2.45) is 0 Å². The Balaban J connectivity index is 1.90. The van der Waals surface area contributed by atoms with Gasteiger partial charge in [0.1, 0.15) is 5.70 Å². The van der Waals surface area contributed by atoms with Gasteiger partial charge in [0.2, 0.25) is 0 Å². The number of halogens is 1. The fourth-order valence-corrected chi connectivity index (χ4v) is 3.50. The second kappa shape index (κ2) is 10.7. The molecule has 7 nitrogen and oxygen atoms in total. The topological polar surface area (TPSA) is 101 Å². The molecule has 3 rings (SSSR count). The van der Waals surface area contributed by atoms with Crippen LogP contribution in [-0.2, 0) is 10.2 Å². The molecule has 0 aliphatic rings. The van der Waals surface area contributed by atoms with Gasteiger partial charge in [-0.2, -0.15) is 0 Å². The number of nitro groups is 1. The van der Waals surface area contributed by atoms with Crippen LogP contribution in [0.2, 0.25) is 0 Å². The monoisotopic (exact) mass is 535 g/mol. The first-order valence-electron chi connectivity index (χ1n) is 10.9. The Morgan fingerprint density at radius 1 is 0.971 bits per heavy atom. The molecule has 3 aromatic carbocycles. The number of non-ortho nitro benzene ring substituents is 1. The van der Waals surface area contributed by atoms with Gasteiger partial charge in [0.15, 0.2) is 0 Å². The maximum atomic E-state index is 13.1. The van der Waals surface area contributed by atoms with E-state index < -0.39 is 16.7 Å². The van der Waals surface area contributed by atoms with Crippen LogP contribution in [0.3, 0.4) is 0 Å². The van der Waals surface area contributed by atoms with E-state index in [2.05, 4.69) is 47.3 Å². The van der Waals surface area contributed by atoms with Crippen LogP contribution in [0.15, 0.2) is 76.9 Å². The van der Waals surface area contributed by atoms with Crippen molar-refractivity contribution in [3.8, 4) is 0 Å². The third-order valence-electron chi connectivity index (χ3n) is 5.34. The number of benzene rings is 3. The third-order valence-corrected chi connectivity index (χ3v) is 6.23. The molecule has 0 saturated carbocycles. The molecule has 2 N–H and O–H groups in total. The van der Waals surface area contributed by atoms with Crippen LogP contribution in [0, 0.1) is 17.0 Å². The average molecular weight is 536 g/mol. The lowest BCUT2D eigenvalue weighted by molar-refractivity contribution is -0.384. The normalized spacial score (nSPS) is 11.6. The highest BCUT2D eigenvalue weighted by Crippen LogP contribution is 2.23. The minimum Gasteiger partial charge on any atom is -0.321 e. The predicted octanol–water partition coefficient (Wildman–Crippen LogP) is 6.37. The van der Waals surface area contributed by atoms with E-state index in [9.17, 15) is 19.7 Å². The maximum absolute atomic E-state index is 13.1. The molecular formula is C27H26BrN3O4. The summed E-state index contributed by atoms with van der Waals surface area (Å²) in [4.78, 5) is 36.6. The van der Waals surface area contributed by atoms with E-state index in [0.717, 1.165) is 15.6 Å². The first-order valence-corrected chi connectivity index (χ1v) is 11.7. The molecule has 0 bridgehead atoms. The van der Waals surface area contributed by atoms with E-state index in [1.807, 2.05) is 25.1 Å². The number of rotatable bonds is 6. The van der Waals surface area contributed by atoms with Crippen molar-refractivity contribution in [1.29, 1.82) is 0 Å².